The Hall–Kier alpha value is -1.06. The first-order valence-electron chi connectivity index (χ1n) is 6.34. The van der Waals surface area contributed by atoms with Crippen molar-refractivity contribution in [3.8, 4) is 0 Å². The van der Waals surface area contributed by atoms with Gasteiger partial charge in [0.1, 0.15) is 0 Å². The summed E-state index contributed by atoms with van der Waals surface area (Å²) in [7, 11) is 1.76. The van der Waals surface area contributed by atoms with Gasteiger partial charge in [0, 0.05) is 31.4 Å². The smallest absolute Gasteiger partial charge is 0.0663 e. The van der Waals surface area contributed by atoms with Crippen molar-refractivity contribution >= 4 is 5.69 Å². The molecule has 0 fully saturated rings. The summed E-state index contributed by atoms with van der Waals surface area (Å²) in [4.78, 5) is 2.42. The summed E-state index contributed by atoms with van der Waals surface area (Å²) in [6.07, 6.45) is 2.21. The molecule has 1 heterocycles. The highest BCUT2D eigenvalue weighted by Gasteiger charge is 2.23. The number of rotatable bonds is 3. The van der Waals surface area contributed by atoms with E-state index in [9.17, 15) is 0 Å². The Morgan fingerprint density at radius 3 is 3.00 bits per heavy atom. The molecule has 3 nitrogen and oxygen atoms in total. The molecule has 0 saturated heterocycles. The normalized spacial score (nSPS) is 21.8. The van der Waals surface area contributed by atoms with Gasteiger partial charge in [0.2, 0.25) is 0 Å². The van der Waals surface area contributed by atoms with Crippen molar-refractivity contribution < 1.29 is 4.74 Å². The molecule has 0 spiro atoms. The molecular weight excluding hydrogens is 212 g/mol. The molecule has 0 aliphatic carbocycles. The van der Waals surface area contributed by atoms with E-state index in [0.29, 0.717) is 6.04 Å². The number of nitrogens with zero attached hydrogens (tertiary/aromatic N) is 1. The van der Waals surface area contributed by atoms with Gasteiger partial charge in [-0.15, -0.1) is 0 Å². The van der Waals surface area contributed by atoms with Crippen LogP contribution < -0.4 is 10.6 Å². The monoisotopic (exact) mass is 234 g/mol. The van der Waals surface area contributed by atoms with Crippen LogP contribution in [-0.2, 0) is 4.74 Å². The molecule has 2 unspecified atom stereocenters. The van der Waals surface area contributed by atoms with Crippen LogP contribution in [0.3, 0.4) is 0 Å². The lowest BCUT2D eigenvalue weighted by atomic mass is 10.0. The van der Waals surface area contributed by atoms with Crippen molar-refractivity contribution in [2.24, 2.45) is 5.73 Å². The molecule has 1 aromatic carbocycles. The molecule has 1 aliphatic heterocycles. The van der Waals surface area contributed by atoms with E-state index in [1.807, 2.05) is 0 Å². The Labute approximate surface area is 104 Å². The van der Waals surface area contributed by atoms with Crippen molar-refractivity contribution in [1.82, 2.24) is 0 Å². The van der Waals surface area contributed by atoms with Crippen LogP contribution in [0.4, 0.5) is 5.69 Å². The van der Waals surface area contributed by atoms with Gasteiger partial charge in [0.25, 0.3) is 0 Å². The maximum absolute atomic E-state index is 6.22. The van der Waals surface area contributed by atoms with E-state index in [1.54, 1.807) is 7.11 Å². The molecule has 0 bridgehead atoms. The molecule has 1 aromatic rings. The van der Waals surface area contributed by atoms with E-state index in [2.05, 4.69) is 36.1 Å². The summed E-state index contributed by atoms with van der Waals surface area (Å²) >= 11 is 0. The fourth-order valence-corrected chi connectivity index (χ4v) is 2.61. The number of ether oxygens (including phenoxy) is 1. The predicted octanol–water partition coefficient (Wildman–Crippen LogP) is 2.32. The molecule has 0 amide bonds. The zero-order valence-electron chi connectivity index (χ0n) is 10.7. The fraction of sp³-hybridized carbons (Fsp3) is 0.571. The first kappa shape index (κ1) is 12.4. The highest BCUT2D eigenvalue weighted by atomic mass is 16.5. The average molecular weight is 234 g/mol. The first-order valence-corrected chi connectivity index (χ1v) is 6.34. The largest absolute Gasteiger partial charge is 0.383 e. The van der Waals surface area contributed by atoms with Crippen molar-refractivity contribution in [3.05, 3.63) is 29.8 Å². The molecule has 3 heteroatoms. The van der Waals surface area contributed by atoms with E-state index in [0.717, 1.165) is 26.0 Å². The molecule has 2 rings (SSSR count). The molecule has 0 aromatic heterocycles. The SMILES string of the molecule is COCC(C)N1CCCC(N)c2ccccc21. The van der Waals surface area contributed by atoms with Crippen LogP contribution in [0.2, 0.25) is 0 Å². The highest BCUT2D eigenvalue weighted by molar-refractivity contribution is 5.56. The zero-order chi connectivity index (χ0) is 12.3. The summed E-state index contributed by atoms with van der Waals surface area (Å²) in [6.45, 7) is 4.02. The minimum Gasteiger partial charge on any atom is -0.383 e. The van der Waals surface area contributed by atoms with Crippen molar-refractivity contribution in [3.63, 3.8) is 0 Å². The Kier molecular flexibility index (Phi) is 4.02. The van der Waals surface area contributed by atoms with Crippen molar-refractivity contribution in [2.75, 3.05) is 25.2 Å². The lowest BCUT2D eigenvalue weighted by Crippen LogP contribution is -2.37. The predicted molar refractivity (Wildman–Crippen MR) is 71.3 cm³/mol. The lowest BCUT2D eigenvalue weighted by Gasteiger charge is -2.31. The molecular formula is C14H22N2O. The van der Waals surface area contributed by atoms with Gasteiger partial charge in [0.05, 0.1) is 6.61 Å². The van der Waals surface area contributed by atoms with Gasteiger partial charge in [-0.1, -0.05) is 18.2 Å². The second-order valence-corrected chi connectivity index (χ2v) is 4.81. The van der Waals surface area contributed by atoms with Crippen molar-refractivity contribution in [1.29, 1.82) is 0 Å². The molecule has 0 saturated carbocycles. The first-order chi connectivity index (χ1) is 8.24. The van der Waals surface area contributed by atoms with Gasteiger partial charge < -0.3 is 15.4 Å². The molecule has 1 aliphatic rings. The summed E-state index contributed by atoms with van der Waals surface area (Å²) in [5.41, 5.74) is 8.78. The van der Waals surface area contributed by atoms with E-state index in [-0.39, 0.29) is 6.04 Å². The Bertz CT molecular complexity index is 367. The molecule has 2 N–H and O–H groups in total. The van der Waals surface area contributed by atoms with E-state index in [1.165, 1.54) is 11.3 Å². The lowest BCUT2D eigenvalue weighted by molar-refractivity contribution is 0.181. The van der Waals surface area contributed by atoms with Gasteiger partial charge in [0.15, 0.2) is 0 Å². The number of anilines is 1. The van der Waals surface area contributed by atoms with E-state index >= 15 is 0 Å². The van der Waals surface area contributed by atoms with Gasteiger partial charge >= 0.3 is 0 Å². The van der Waals surface area contributed by atoms with E-state index in [4.69, 9.17) is 10.5 Å². The third-order valence-electron chi connectivity index (χ3n) is 3.50. The minimum absolute atomic E-state index is 0.172. The van der Waals surface area contributed by atoms with Crippen LogP contribution in [0.25, 0.3) is 0 Å². The van der Waals surface area contributed by atoms with Crippen LogP contribution >= 0.6 is 0 Å². The third kappa shape index (κ3) is 2.61. The Morgan fingerprint density at radius 2 is 2.24 bits per heavy atom. The number of hydrogen-bond acceptors (Lipinski definition) is 3. The van der Waals surface area contributed by atoms with Gasteiger partial charge in [-0.05, 0) is 31.4 Å². The molecule has 2 atom stereocenters. The Morgan fingerprint density at radius 1 is 1.47 bits per heavy atom. The minimum atomic E-state index is 0.172. The topological polar surface area (TPSA) is 38.5 Å². The third-order valence-corrected chi connectivity index (χ3v) is 3.50. The summed E-state index contributed by atoms with van der Waals surface area (Å²) < 4.78 is 5.27. The summed E-state index contributed by atoms with van der Waals surface area (Å²) in [5, 5.41) is 0. The standard InChI is InChI=1S/C14H22N2O/c1-11(10-17-2)16-9-5-7-13(15)12-6-3-4-8-14(12)16/h3-4,6,8,11,13H,5,7,9-10,15H2,1-2H3. The number of benzene rings is 1. The Balaban J connectivity index is 2.31. The zero-order valence-corrected chi connectivity index (χ0v) is 10.7. The summed E-state index contributed by atoms with van der Waals surface area (Å²) in [6, 6.07) is 9.05. The quantitative estimate of drug-likeness (QED) is 0.872. The fourth-order valence-electron chi connectivity index (χ4n) is 2.61. The van der Waals surface area contributed by atoms with Gasteiger partial charge in [-0.3, -0.25) is 0 Å². The molecule has 0 radical (unpaired) electrons. The number of hydrogen-bond donors (Lipinski definition) is 1. The van der Waals surface area contributed by atoms with Crippen LogP contribution in [0.1, 0.15) is 31.4 Å². The molecule has 17 heavy (non-hydrogen) atoms. The second-order valence-electron chi connectivity index (χ2n) is 4.81. The van der Waals surface area contributed by atoms with Gasteiger partial charge in [-0.2, -0.15) is 0 Å². The van der Waals surface area contributed by atoms with Crippen LogP contribution in [-0.4, -0.2) is 26.3 Å². The maximum Gasteiger partial charge on any atom is 0.0663 e. The maximum atomic E-state index is 6.22. The highest BCUT2D eigenvalue weighted by Crippen LogP contribution is 2.32. The number of para-hydroxylation sites is 1. The molecule has 94 valence electrons. The summed E-state index contributed by atoms with van der Waals surface area (Å²) in [5.74, 6) is 0. The number of methoxy groups -OCH3 is 1. The number of nitrogens with two attached hydrogens (primary N) is 1. The van der Waals surface area contributed by atoms with E-state index < -0.39 is 0 Å². The second kappa shape index (κ2) is 5.52. The van der Waals surface area contributed by atoms with Crippen LogP contribution in [0, 0.1) is 0 Å². The van der Waals surface area contributed by atoms with Crippen LogP contribution in [0.5, 0.6) is 0 Å². The van der Waals surface area contributed by atoms with Crippen LogP contribution in [0.15, 0.2) is 24.3 Å². The van der Waals surface area contributed by atoms with Crippen molar-refractivity contribution in [2.45, 2.75) is 31.8 Å². The van der Waals surface area contributed by atoms with Gasteiger partial charge in [-0.25, -0.2) is 0 Å². The number of fused-ring (bicyclic) bond motifs is 1. The average Bonchev–Trinajstić information content (AvgIpc) is 2.50.